The third-order valence-electron chi connectivity index (χ3n) is 4.45. The Labute approximate surface area is 150 Å². The molecule has 0 saturated carbocycles. The van der Waals surface area contributed by atoms with Gasteiger partial charge >= 0.3 is 0 Å². The predicted molar refractivity (Wildman–Crippen MR) is 93.3 cm³/mol. The van der Waals surface area contributed by atoms with E-state index in [0.717, 1.165) is 12.8 Å². The fraction of sp³-hybridized carbons (Fsp3) is 0.300. The largest absolute Gasteiger partial charge is 0.340 e. The van der Waals surface area contributed by atoms with Gasteiger partial charge in [-0.1, -0.05) is 12.1 Å². The predicted octanol–water partition coefficient (Wildman–Crippen LogP) is 3.28. The number of benzene rings is 2. The fourth-order valence-corrected chi connectivity index (χ4v) is 3.09. The van der Waals surface area contributed by atoms with Crippen molar-refractivity contribution in [1.82, 2.24) is 10.2 Å². The van der Waals surface area contributed by atoms with Crippen LogP contribution in [0.1, 0.15) is 35.2 Å². The monoisotopic (exact) mass is 358 g/mol. The maximum atomic E-state index is 13.4. The van der Waals surface area contributed by atoms with E-state index >= 15 is 0 Å². The van der Waals surface area contributed by atoms with Crippen molar-refractivity contribution in [3.63, 3.8) is 0 Å². The highest BCUT2D eigenvalue weighted by Gasteiger charge is 2.28. The second-order valence-electron chi connectivity index (χ2n) is 6.42. The van der Waals surface area contributed by atoms with Gasteiger partial charge in [0.2, 0.25) is 5.91 Å². The van der Waals surface area contributed by atoms with Gasteiger partial charge in [0.1, 0.15) is 17.7 Å². The first-order valence-electron chi connectivity index (χ1n) is 8.62. The highest BCUT2D eigenvalue weighted by atomic mass is 19.1. The first-order valence-corrected chi connectivity index (χ1v) is 8.62. The molecule has 1 atom stereocenters. The first-order chi connectivity index (χ1) is 12.5. The van der Waals surface area contributed by atoms with Crippen LogP contribution in [-0.2, 0) is 11.3 Å². The van der Waals surface area contributed by atoms with Crippen molar-refractivity contribution >= 4 is 11.8 Å². The van der Waals surface area contributed by atoms with Crippen molar-refractivity contribution < 1.29 is 18.4 Å². The molecule has 0 spiro atoms. The van der Waals surface area contributed by atoms with E-state index < -0.39 is 17.8 Å². The topological polar surface area (TPSA) is 49.4 Å². The SMILES string of the molecule is O=C(NC1CCCCN(Cc2cccc(F)c2)C1=O)c1ccc(F)cc1. The molecule has 4 nitrogen and oxygen atoms in total. The number of carbonyl (C=O) groups excluding carboxylic acids is 2. The maximum Gasteiger partial charge on any atom is 0.251 e. The molecule has 1 N–H and O–H groups in total. The van der Waals surface area contributed by atoms with Crippen LogP contribution in [0.5, 0.6) is 0 Å². The summed E-state index contributed by atoms with van der Waals surface area (Å²) in [6.07, 6.45) is 2.18. The van der Waals surface area contributed by atoms with Gasteiger partial charge in [0.15, 0.2) is 0 Å². The van der Waals surface area contributed by atoms with E-state index in [1.807, 2.05) is 0 Å². The molecular weight excluding hydrogens is 338 g/mol. The highest BCUT2D eigenvalue weighted by Crippen LogP contribution is 2.16. The number of rotatable bonds is 4. The van der Waals surface area contributed by atoms with Crippen molar-refractivity contribution in [2.75, 3.05) is 6.54 Å². The summed E-state index contributed by atoms with van der Waals surface area (Å²) in [5, 5.41) is 2.74. The summed E-state index contributed by atoms with van der Waals surface area (Å²) >= 11 is 0. The second kappa shape index (κ2) is 8.08. The lowest BCUT2D eigenvalue weighted by Crippen LogP contribution is -2.47. The molecule has 6 heteroatoms. The number of halogens is 2. The van der Waals surface area contributed by atoms with E-state index in [-0.39, 0.29) is 11.7 Å². The lowest BCUT2D eigenvalue weighted by atomic mass is 10.1. The number of hydrogen-bond acceptors (Lipinski definition) is 2. The minimum absolute atomic E-state index is 0.178. The number of nitrogens with zero attached hydrogens (tertiary/aromatic N) is 1. The quantitative estimate of drug-likeness (QED) is 0.912. The van der Waals surface area contributed by atoms with Gasteiger partial charge in [0, 0.05) is 18.7 Å². The van der Waals surface area contributed by atoms with Crippen molar-refractivity contribution in [2.24, 2.45) is 0 Å². The molecule has 1 aliphatic rings. The zero-order valence-corrected chi connectivity index (χ0v) is 14.3. The number of nitrogens with one attached hydrogen (secondary N) is 1. The Morgan fingerprint density at radius 1 is 1.08 bits per heavy atom. The summed E-state index contributed by atoms with van der Waals surface area (Å²) in [4.78, 5) is 26.8. The molecule has 3 rings (SSSR count). The van der Waals surface area contributed by atoms with E-state index in [0.29, 0.717) is 30.6 Å². The Balaban J connectivity index is 1.69. The van der Waals surface area contributed by atoms with Gasteiger partial charge in [0.05, 0.1) is 0 Å². The summed E-state index contributed by atoms with van der Waals surface area (Å²) in [5.74, 6) is -1.35. The van der Waals surface area contributed by atoms with Crippen LogP contribution in [0, 0.1) is 11.6 Å². The Hall–Kier alpha value is -2.76. The van der Waals surface area contributed by atoms with E-state index in [2.05, 4.69) is 5.32 Å². The molecule has 2 amide bonds. The molecule has 2 aromatic carbocycles. The summed E-state index contributed by atoms with van der Waals surface area (Å²) in [6.45, 7) is 0.873. The normalized spacial score (nSPS) is 17.7. The van der Waals surface area contributed by atoms with Gasteiger partial charge in [-0.2, -0.15) is 0 Å². The smallest absolute Gasteiger partial charge is 0.251 e. The first kappa shape index (κ1) is 18.0. The molecule has 1 unspecified atom stereocenters. The lowest BCUT2D eigenvalue weighted by molar-refractivity contribution is -0.133. The van der Waals surface area contributed by atoms with E-state index in [1.165, 1.54) is 36.4 Å². The highest BCUT2D eigenvalue weighted by molar-refractivity contribution is 5.97. The number of carbonyl (C=O) groups is 2. The molecule has 2 aromatic rings. The Bertz CT molecular complexity index is 793. The van der Waals surface area contributed by atoms with Crippen LogP contribution in [0.25, 0.3) is 0 Å². The number of amides is 2. The molecule has 1 aliphatic heterocycles. The van der Waals surface area contributed by atoms with Gasteiger partial charge in [-0.05, 0) is 61.2 Å². The molecule has 136 valence electrons. The standard InChI is InChI=1S/C20H20F2N2O2/c21-16-9-7-15(8-10-16)19(25)23-18-6-1-2-11-24(20(18)26)13-14-4-3-5-17(22)12-14/h3-5,7-10,12,18H,1-2,6,11,13H2,(H,23,25). The molecule has 1 heterocycles. The summed E-state index contributed by atoms with van der Waals surface area (Å²) in [5.41, 5.74) is 1.02. The van der Waals surface area contributed by atoms with Crippen LogP contribution >= 0.6 is 0 Å². The van der Waals surface area contributed by atoms with Crippen LogP contribution in [-0.4, -0.2) is 29.3 Å². The lowest BCUT2D eigenvalue weighted by Gasteiger charge is -2.25. The zero-order chi connectivity index (χ0) is 18.5. The molecular formula is C20H20F2N2O2. The van der Waals surface area contributed by atoms with Gasteiger partial charge in [0.25, 0.3) is 5.91 Å². The van der Waals surface area contributed by atoms with Crippen LogP contribution in [0.15, 0.2) is 48.5 Å². The number of likely N-dealkylation sites (tertiary alicyclic amines) is 1. The molecule has 1 saturated heterocycles. The second-order valence-corrected chi connectivity index (χ2v) is 6.42. The molecule has 26 heavy (non-hydrogen) atoms. The van der Waals surface area contributed by atoms with Crippen molar-refractivity contribution in [3.05, 3.63) is 71.3 Å². The van der Waals surface area contributed by atoms with E-state index in [1.54, 1.807) is 17.0 Å². The summed E-state index contributed by atoms with van der Waals surface area (Å²) in [7, 11) is 0. The average Bonchev–Trinajstić information content (AvgIpc) is 2.78. The van der Waals surface area contributed by atoms with Crippen LogP contribution in [0.2, 0.25) is 0 Å². The Kier molecular flexibility index (Phi) is 5.61. The molecule has 0 aliphatic carbocycles. The average molecular weight is 358 g/mol. The number of hydrogen-bond donors (Lipinski definition) is 1. The Morgan fingerprint density at radius 2 is 1.85 bits per heavy atom. The third-order valence-corrected chi connectivity index (χ3v) is 4.45. The van der Waals surface area contributed by atoms with Crippen LogP contribution in [0.4, 0.5) is 8.78 Å². The van der Waals surface area contributed by atoms with Crippen molar-refractivity contribution in [3.8, 4) is 0 Å². The van der Waals surface area contributed by atoms with Crippen molar-refractivity contribution in [2.45, 2.75) is 31.8 Å². The zero-order valence-electron chi connectivity index (χ0n) is 14.3. The molecule has 0 aromatic heterocycles. The maximum absolute atomic E-state index is 13.4. The minimum atomic E-state index is -0.636. The van der Waals surface area contributed by atoms with Gasteiger partial charge < -0.3 is 10.2 Å². The molecule has 0 radical (unpaired) electrons. The van der Waals surface area contributed by atoms with Gasteiger partial charge in [-0.3, -0.25) is 9.59 Å². The van der Waals surface area contributed by atoms with Crippen LogP contribution < -0.4 is 5.32 Å². The third kappa shape index (κ3) is 4.45. The van der Waals surface area contributed by atoms with Crippen molar-refractivity contribution in [1.29, 1.82) is 0 Å². The summed E-state index contributed by atoms with van der Waals surface area (Å²) < 4.78 is 26.4. The molecule has 0 bridgehead atoms. The van der Waals surface area contributed by atoms with E-state index in [4.69, 9.17) is 0 Å². The minimum Gasteiger partial charge on any atom is -0.340 e. The van der Waals surface area contributed by atoms with E-state index in [9.17, 15) is 18.4 Å². The Morgan fingerprint density at radius 3 is 2.58 bits per heavy atom. The van der Waals surface area contributed by atoms with Crippen LogP contribution in [0.3, 0.4) is 0 Å². The fourth-order valence-electron chi connectivity index (χ4n) is 3.09. The van der Waals surface area contributed by atoms with Gasteiger partial charge in [-0.25, -0.2) is 8.78 Å². The van der Waals surface area contributed by atoms with Gasteiger partial charge in [-0.15, -0.1) is 0 Å². The summed E-state index contributed by atoms with van der Waals surface area (Å²) in [6, 6.07) is 10.7. The molecule has 1 fully saturated rings.